The first-order valence-electron chi connectivity index (χ1n) is 33.1. The fourth-order valence-corrected chi connectivity index (χ4v) is 11.7. The van der Waals surface area contributed by atoms with Crippen LogP contribution in [0.3, 0.4) is 0 Å². The third kappa shape index (κ3) is 41.3. The first-order chi connectivity index (χ1) is 39.9. The van der Waals surface area contributed by atoms with Crippen LogP contribution in [0.1, 0.15) is 279 Å². The van der Waals surface area contributed by atoms with Crippen molar-refractivity contribution in [1.82, 2.24) is 16.1 Å². The van der Waals surface area contributed by atoms with Crippen molar-refractivity contribution in [2.45, 2.75) is 297 Å². The van der Waals surface area contributed by atoms with Gasteiger partial charge in [0.2, 0.25) is 5.91 Å². The monoisotopic (exact) mass is 1230 g/mol. The van der Waals surface area contributed by atoms with Crippen LogP contribution in [0, 0.1) is 50.2 Å². The van der Waals surface area contributed by atoms with Gasteiger partial charge in [-0.05, 0) is 168 Å². The number of hydrogen-bond donors (Lipinski definition) is 3. The van der Waals surface area contributed by atoms with Crippen molar-refractivity contribution in [1.29, 1.82) is 0 Å². The number of allylic oxidation sites excluding steroid dienone is 3. The number of thioether (sulfide) groups is 1. The maximum atomic E-state index is 12.8. The van der Waals surface area contributed by atoms with Crippen molar-refractivity contribution in [3.05, 3.63) is 36.5 Å². The summed E-state index contributed by atoms with van der Waals surface area (Å²) in [4.78, 5) is 91.3. The highest BCUT2D eigenvalue weighted by molar-refractivity contribution is 8.13. The summed E-state index contributed by atoms with van der Waals surface area (Å²) in [5, 5.41) is 5.40. The van der Waals surface area contributed by atoms with Gasteiger partial charge in [-0.2, -0.15) is 5.48 Å². The molecule has 0 radical (unpaired) electrons. The van der Waals surface area contributed by atoms with Crippen molar-refractivity contribution in [3.8, 4) is 0 Å². The standard InChI is InChI=1S/C26H46N2O5.C24H43NO3.C21H36O3S/c1-25(2,3)18-20(23(30)26(4,5)6)14-12-13-17-27-22(29)19-32-28-24(31)33-21-15-10-8-7-9-11-16-21;1-23(2,3)18-19(21(26)24(4,5)6)14-12-13-17-25-22(27)28-20-15-10-8-7-9-11-16-20;1-20(2,3)14-16(18(22)21(4,5)6)15-25-19(23)24-17-12-10-8-7-9-11-13-17/h10,15,20-21H,7-9,11-14,16-19H2,1-6H3,(H,27,29)(H,28,31);10,15,19-20H,7-9,11-14,16-18H2,1-6H3,(H,25,27);10,12,16-17H,7-9,11,13-15H2,1-6H3/b2*15-10+;12-10+/t20-,21?;19-,20?;16-,17?/m001/s1. The number of carbonyl (C=O) groups is 7. The van der Waals surface area contributed by atoms with Crippen LogP contribution in [0.5, 0.6) is 0 Å². The van der Waals surface area contributed by atoms with Gasteiger partial charge in [0, 0.05) is 52.8 Å². The molecule has 14 nitrogen and oxygen atoms in total. The number of ketones is 3. The third-order valence-corrected chi connectivity index (χ3v) is 16.0. The Labute approximate surface area is 528 Å². The molecule has 15 heteroatoms. The fraction of sp³-hybridized carbons (Fsp3) is 0.817. The average molecular weight is 1230 g/mol. The minimum absolute atomic E-state index is 0.0342. The smallest absolute Gasteiger partial charge is 0.431 e. The largest absolute Gasteiger partial charge is 0.450 e. The van der Waals surface area contributed by atoms with Crippen molar-refractivity contribution >= 4 is 52.5 Å². The molecule has 0 heterocycles. The minimum atomic E-state index is -0.688. The summed E-state index contributed by atoms with van der Waals surface area (Å²) in [6.45, 7) is 38.1. The summed E-state index contributed by atoms with van der Waals surface area (Å²) in [6, 6.07) is 0. The van der Waals surface area contributed by atoms with E-state index >= 15 is 0 Å². The second-order valence-corrected chi connectivity index (χ2v) is 32.1. The summed E-state index contributed by atoms with van der Waals surface area (Å²) in [7, 11) is 0. The van der Waals surface area contributed by atoms with Gasteiger partial charge in [-0.3, -0.25) is 24.0 Å². The van der Waals surface area contributed by atoms with Crippen molar-refractivity contribution in [2.24, 2.45) is 50.2 Å². The molecule has 3 unspecified atom stereocenters. The number of nitrogens with one attached hydrogen (secondary N) is 3. The third-order valence-electron chi connectivity index (χ3n) is 15.1. The Kier molecular flexibility index (Phi) is 37.8. The van der Waals surface area contributed by atoms with E-state index in [0.29, 0.717) is 30.4 Å². The minimum Gasteiger partial charge on any atom is -0.450 e. The van der Waals surface area contributed by atoms with Crippen LogP contribution in [0.25, 0.3) is 0 Å². The SMILES string of the molecule is CC(C)(C)C[C@H](CCCCNC(=O)CONC(=O)OC1/C=C/CCCCC1)C(=O)C(C)(C)C.CC(C)(C)C[C@H](CCCCNC(=O)OC1/C=C/CCCCC1)C(=O)C(C)(C)C.CC(C)(C)C[C@H](CSC(=O)OC1/C=C/CCCCC1)C(=O)C(C)(C)C. The topological polar surface area (TPSA) is 192 Å². The summed E-state index contributed by atoms with van der Waals surface area (Å²) >= 11 is 1.16. The number of Topliss-reactive ketones (excluding diaryl/α,β-unsaturated/α-hetero) is 3. The molecule has 0 aromatic rings. The van der Waals surface area contributed by atoms with E-state index in [1.165, 1.54) is 32.1 Å². The van der Waals surface area contributed by atoms with Gasteiger partial charge in [0.15, 0.2) is 6.61 Å². The Morgan fingerprint density at radius 3 is 1.20 bits per heavy atom. The fourth-order valence-electron chi connectivity index (χ4n) is 10.9. The molecule has 3 aliphatic carbocycles. The first kappa shape index (κ1) is 80.0. The number of carbonyl (C=O) groups excluding carboxylic acids is 7. The molecule has 3 amide bonds. The summed E-state index contributed by atoms with van der Waals surface area (Å²) < 4.78 is 16.4. The zero-order valence-corrected chi connectivity index (χ0v) is 58.4. The lowest BCUT2D eigenvalue weighted by molar-refractivity contribution is -0.132. The molecule has 0 aromatic carbocycles. The van der Waals surface area contributed by atoms with Crippen LogP contribution in [0.2, 0.25) is 0 Å². The predicted octanol–water partition coefficient (Wildman–Crippen LogP) is 18.3. The van der Waals surface area contributed by atoms with E-state index in [9.17, 15) is 33.6 Å². The lowest BCUT2D eigenvalue weighted by atomic mass is 9.74. The van der Waals surface area contributed by atoms with Gasteiger partial charge in [-0.1, -0.05) is 175 Å². The Morgan fingerprint density at radius 1 is 0.442 bits per heavy atom. The van der Waals surface area contributed by atoms with Gasteiger partial charge in [-0.25, -0.2) is 14.4 Å². The predicted molar refractivity (Wildman–Crippen MR) is 354 cm³/mol. The maximum Gasteiger partial charge on any atom is 0.431 e. The van der Waals surface area contributed by atoms with Crippen LogP contribution in [-0.2, 0) is 38.2 Å². The van der Waals surface area contributed by atoms with Crippen molar-refractivity contribution in [2.75, 3.05) is 25.4 Å². The molecule has 0 bridgehead atoms. The average Bonchev–Trinajstić information content (AvgIpc) is 2.71. The summed E-state index contributed by atoms with van der Waals surface area (Å²) in [5.41, 5.74) is 1.42. The van der Waals surface area contributed by atoms with E-state index in [4.69, 9.17) is 19.0 Å². The van der Waals surface area contributed by atoms with Crippen molar-refractivity contribution < 1.29 is 52.6 Å². The van der Waals surface area contributed by atoms with E-state index in [2.05, 4.69) is 90.6 Å². The molecule has 0 saturated heterocycles. The highest BCUT2D eigenvalue weighted by Gasteiger charge is 2.35. The zero-order chi connectivity index (χ0) is 65.2. The Balaban J connectivity index is 0.000000652. The molecule has 0 aliphatic heterocycles. The van der Waals surface area contributed by atoms with Crippen LogP contribution >= 0.6 is 11.8 Å². The lowest BCUT2D eigenvalue weighted by Gasteiger charge is -2.30. The van der Waals surface area contributed by atoms with Crippen LogP contribution in [0.4, 0.5) is 14.4 Å². The van der Waals surface area contributed by atoms with E-state index in [-0.39, 0.29) is 98.2 Å². The maximum absolute atomic E-state index is 12.8. The first-order valence-corrected chi connectivity index (χ1v) is 34.1. The molecular weight excluding hydrogens is 1100 g/mol. The number of hydroxylamine groups is 1. The number of unbranched alkanes of at least 4 members (excludes halogenated alkanes) is 2. The molecule has 0 spiro atoms. The molecule has 0 fully saturated rings. The van der Waals surface area contributed by atoms with E-state index in [1.54, 1.807) is 0 Å². The Hall–Kier alpha value is -3.98. The van der Waals surface area contributed by atoms with Gasteiger partial charge in [0.1, 0.15) is 35.7 Å². The number of amides is 3. The normalized spacial score (nSPS) is 20.3. The van der Waals surface area contributed by atoms with Crippen LogP contribution in [0.15, 0.2) is 36.5 Å². The number of rotatable bonds is 24. The molecule has 6 atom stereocenters. The second kappa shape index (κ2) is 40.6. The zero-order valence-electron chi connectivity index (χ0n) is 57.6. The van der Waals surface area contributed by atoms with E-state index in [0.717, 1.165) is 134 Å². The van der Waals surface area contributed by atoms with Gasteiger partial charge in [-0.15, -0.1) is 0 Å². The Morgan fingerprint density at radius 2 is 0.802 bits per heavy atom. The number of hydrogen-bond acceptors (Lipinski definition) is 12. The van der Waals surface area contributed by atoms with E-state index in [1.807, 2.05) is 86.6 Å². The van der Waals surface area contributed by atoms with Crippen molar-refractivity contribution in [3.63, 3.8) is 0 Å². The molecule has 3 N–H and O–H groups in total. The molecule has 3 aliphatic rings. The molecule has 86 heavy (non-hydrogen) atoms. The van der Waals surface area contributed by atoms with Crippen LogP contribution in [-0.4, -0.2) is 84.5 Å². The molecule has 0 aromatic heterocycles. The summed E-state index contributed by atoms with van der Waals surface area (Å²) in [6.07, 6.45) is 34.6. The quantitative estimate of drug-likeness (QED) is 0.0273. The second-order valence-electron chi connectivity index (χ2n) is 31.2. The van der Waals surface area contributed by atoms with Crippen LogP contribution < -0.4 is 16.1 Å². The molecule has 0 saturated carbocycles. The molecule has 3 rings (SSSR count). The molecular formula is C71H125N3O11S. The Bertz CT molecular complexity index is 2090. The van der Waals surface area contributed by atoms with Gasteiger partial charge in [0.05, 0.1) is 0 Å². The van der Waals surface area contributed by atoms with Gasteiger partial charge < -0.3 is 24.8 Å². The highest BCUT2D eigenvalue weighted by Crippen LogP contribution is 2.36. The number of alkyl carbamates (subject to hydrolysis) is 1. The lowest BCUT2D eigenvalue weighted by Crippen LogP contribution is -2.35. The van der Waals surface area contributed by atoms with E-state index < -0.39 is 6.09 Å². The number of ether oxygens (including phenoxy) is 3. The molecule has 496 valence electrons. The summed E-state index contributed by atoms with van der Waals surface area (Å²) in [5.74, 6) is 1.09. The van der Waals surface area contributed by atoms with Gasteiger partial charge >= 0.3 is 17.5 Å². The highest BCUT2D eigenvalue weighted by atomic mass is 32.2. The van der Waals surface area contributed by atoms with Gasteiger partial charge in [0.25, 0.3) is 0 Å².